The number of nitrogens with zero attached hydrogens (tertiary/aromatic N) is 4. The first-order valence-corrected chi connectivity index (χ1v) is 5.30. The summed E-state index contributed by atoms with van der Waals surface area (Å²) in [6.07, 6.45) is 3.16. The quantitative estimate of drug-likeness (QED) is 0.835. The number of hydrogen-bond donors (Lipinski definition) is 1. The van der Waals surface area contributed by atoms with Crippen molar-refractivity contribution < 1.29 is 14.6 Å². The third kappa shape index (κ3) is 3.27. The SMILES string of the molecule is Cc1ccc(OCc2cn(CC(=O)O)nn2)cn1. The maximum atomic E-state index is 10.5. The number of pyridine rings is 1. The van der Waals surface area contributed by atoms with Crippen LogP contribution in [-0.2, 0) is 17.9 Å². The van der Waals surface area contributed by atoms with E-state index in [4.69, 9.17) is 9.84 Å². The fourth-order valence-corrected chi connectivity index (χ4v) is 1.32. The highest BCUT2D eigenvalue weighted by Gasteiger charge is 2.05. The fourth-order valence-electron chi connectivity index (χ4n) is 1.32. The summed E-state index contributed by atoms with van der Waals surface area (Å²) in [5.74, 6) is -0.330. The number of aliphatic carboxylic acids is 1. The van der Waals surface area contributed by atoms with Crippen LogP contribution in [0.2, 0.25) is 0 Å². The number of aromatic nitrogens is 4. The predicted molar refractivity (Wildman–Crippen MR) is 61.0 cm³/mol. The van der Waals surface area contributed by atoms with E-state index in [1.807, 2.05) is 19.1 Å². The molecule has 0 aliphatic heterocycles. The summed E-state index contributed by atoms with van der Waals surface area (Å²) in [6.45, 7) is 1.91. The van der Waals surface area contributed by atoms with Crippen molar-refractivity contribution in [2.24, 2.45) is 0 Å². The summed E-state index contributed by atoms with van der Waals surface area (Å²) in [5, 5.41) is 16.1. The van der Waals surface area contributed by atoms with Crippen molar-refractivity contribution in [2.75, 3.05) is 0 Å². The fraction of sp³-hybridized carbons (Fsp3) is 0.273. The van der Waals surface area contributed by atoms with Crippen LogP contribution in [0.4, 0.5) is 0 Å². The standard InChI is InChI=1S/C11H12N4O3/c1-8-2-3-10(4-12-8)18-7-9-5-15(14-13-9)6-11(16)17/h2-5H,6-7H2,1H3,(H,16,17). The molecule has 0 saturated heterocycles. The highest BCUT2D eigenvalue weighted by molar-refractivity contribution is 5.66. The van der Waals surface area contributed by atoms with Gasteiger partial charge < -0.3 is 9.84 Å². The maximum Gasteiger partial charge on any atom is 0.325 e. The van der Waals surface area contributed by atoms with Crippen LogP contribution in [0, 0.1) is 6.92 Å². The summed E-state index contributed by atoms with van der Waals surface area (Å²) in [6, 6.07) is 3.65. The molecule has 7 heteroatoms. The molecule has 2 aromatic rings. The molecule has 0 fully saturated rings. The number of carbonyl (C=O) groups is 1. The van der Waals surface area contributed by atoms with Crippen molar-refractivity contribution in [3.8, 4) is 5.75 Å². The van der Waals surface area contributed by atoms with E-state index in [1.54, 1.807) is 6.20 Å². The lowest BCUT2D eigenvalue weighted by molar-refractivity contribution is -0.137. The van der Waals surface area contributed by atoms with Gasteiger partial charge in [-0.2, -0.15) is 0 Å². The van der Waals surface area contributed by atoms with Gasteiger partial charge in [0.05, 0.1) is 12.4 Å². The van der Waals surface area contributed by atoms with E-state index >= 15 is 0 Å². The average Bonchev–Trinajstić information content (AvgIpc) is 2.75. The van der Waals surface area contributed by atoms with E-state index < -0.39 is 5.97 Å². The Labute approximate surface area is 103 Å². The minimum atomic E-state index is -0.963. The molecule has 0 aromatic carbocycles. The van der Waals surface area contributed by atoms with E-state index in [0.717, 1.165) is 5.69 Å². The second-order valence-corrected chi connectivity index (χ2v) is 3.73. The molecule has 2 aromatic heterocycles. The Morgan fingerprint density at radius 2 is 2.33 bits per heavy atom. The third-order valence-corrected chi connectivity index (χ3v) is 2.15. The van der Waals surface area contributed by atoms with Gasteiger partial charge in [-0.05, 0) is 19.1 Å². The molecule has 0 unspecified atom stereocenters. The zero-order valence-electron chi connectivity index (χ0n) is 9.78. The molecule has 2 rings (SSSR count). The Bertz CT molecular complexity index is 535. The van der Waals surface area contributed by atoms with Gasteiger partial charge in [-0.25, -0.2) is 4.68 Å². The first kappa shape index (κ1) is 12.0. The summed E-state index contributed by atoms with van der Waals surface area (Å²) in [5.41, 5.74) is 1.48. The van der Waals surface area contributed by atoms with Crippen LogP contribution in [-0.4, -0.2) is 31.1 Å². The second-order valence-electron chi connectivity index (χ2n) is 3.73. The molecule has 0 bridgehead atoms. The lowest BCUT2D eigenvalue weighted by Crippen LogP contribution is -2.08. The first-order chi connectivity index (χ1) is 8.63. The third-order valence-electron chi connectivity index (χ3n) is 2.15. The van der Waals surface area contributed by atoms with Crippen molar-refractivity contribution in [3.63, 3.8) is 0 Å². The monoisotopic (exact) mass is 248 g/mol. The smallest absolute Gasteiger partial charge is 0.325 e. The maximum absolute atomic E-state index is 10.5. The highest BCUT2D eigenvalue weighted by Crippen LogP contribution is 2.10. The number of carboxylic acid groups (broad SMARTS) is 1. The largest absolute Gasteiger partial charge is 0.486 e. The van der Waals surface area contributed by atoms with Crippen LogP contribution >= 0.6 is 0 Å². The molecule has 18 heavy (non-hydrogen) atoms. The molecule has 0 atom stereocenters. The van der Waals surface area contributed by atoms with Crippen LogP contribution in [0.3, 0.4) is 0 Å². The number of aryl methyl sites for hydroxylation is 1. The van der Waals surface area contributed by atoms with Gasteiger partial charge in [-0.15, -0.1) is 5.10 Å². The molecule has 94 valence electrons. The molecule has 0 saturated carbocycles. The summed E-state index contributed by atoms with van der Waals surface area (Å²) in [4.78, 5) is 14.6. The van der Waals surface area contributed by atoms with Gasteiger partial charge in [0.1, 0.15) is 24.6 Å². The van der Waals surface area contributed by atoms with Gasteiger partial charge in [0.15, 0.2) is 0 Å². The van der Waals surface area contributed by atoms with Gasteiger partial charge in [0, 0.05) is 5.69 Å². The van der Waals surface area contributed by atoms with Crippen molar-refractivity contribution in [2.45, 2.75) is 20.1 Å². The molecule has 0 aliphatic carbocycles. The van der Waals surface area contributed by atoms with Crippen LogP contribution in [0.25, 0.3) is 0 Å². The molecule has 0 amide bonds. The van der Waals surface area contributed by atoms with Crippen molar-refractivity contribution >= 4 is 5.97 Å². The zero-order chi connectivity index (χ0) is 13.0. The molecule has 1 N–H and O–H groups in total. The molecule has 0 aliphatic rings. The van der Waals surface area contributed by atoms with E-state index in [1.165, 1.54) is 10.9 Å². The first-order valence-electron chi connectivity index (χ1n) is 5.30. The second kappa shape index (κ2) is 5.26. The summed E-state index contributed by atoms with van der Waals surface area (Å²) >= 11 is 0. The number of carboxylic acids is 1. The molecular weight excluding hydrogens is 236 g/mol. The topological polar surface area (TPSA) is 90.1 Å². The van der Waals surface area contributed by atoms with Crippen LogP contribution in [0.15, 0.2) is 24.5 Å². The van der Waals surface area contributed by atoms with Gasteiger partial charge in [0.25, 0.3) is 0 Å². The number of ether oxygens (including phenoxy) is 1. The Kier molecular flexibility index (Phi) is 3.52. The van der Waals surface area contributed by atoms with Crippen LogP contribution in [0.1, 0.15) is 11.4 Å². The Morgan fingerprint density at radius 1 is 1.50 bits per heavy atom. The van der Waals surface area contributed by atoms with E-state index in [2.05, 4.69) is 15.3 Å². The van der Waals surface area contributed by atoms with Crippen molar-refractivity contribution in [1.82, 2.24) is 20.0 Å². The van der Waals surface area contributed by atoms with Gasteiger partial charge in [-0.1, -0.05) is 5.21 Å². The molecule has 0 spiro atoms. The van der Waals surface area contributed by atoms with Crippen LogP contribution < -0.4 is 4.74 Å². The lowest BCUT2D eigenvalue weighted by Gasteiger charge is -2.02. The Hall–Kier alpha value is -2.44. The van der Waals surface area contributed by atoms with E-state index in [9.17, 15) is 4.79 Å². The highest BCUT2D eigenvalue weighted by atomic mass is 16.5. The molecular formula is C11H12N4O3. The number of rotatable bonds is 5. The molecule has 7 nitrogen and oxygen atoms in total. The summed E-state index contributed by atoms with van der Waals surface area (Å²) < 4.78 is 6.68. The van der Waals surface area contributed by atoms with E-state index in [0.29, 0.717) is 11.4 Å². The molecule has 2 heterocycles. The van der Waals surface area contributed by atoms with E-state index in [-0.39, 0.29) is 13.2 Å². The zero-order valence-corrected chi connectivity index (χ0v) is 9.78. The van der Waals surface area contributed by atoms with Gasteiger partial charge in [-0.3, -0.25) is 9.78 Å². The minimum absolute atomic E-state index is 0.209. The van der Waals surface area contributed by atoms with Crippen molar-refractivity contribution in [3.05, 3.63) is 35.9 Å². The van der Waals surface area contributed by atoms with Crippen molar-refractivity contribution in [1.29, 1.82) is 0 Å². The number of hydrogen-bond acceptors (Lipinski definition) is 5. The Balaban J connectivity index is 1.92. The van der Waals surface area contributed by atoms with Crippen LogP contribution in [0.5, 0.6) is 5.75 Å². The molecule has 0 radical (unpaired) electrons. The normalized spacial score (nSPS) is 10.3. The van der Waals surface area contributed by atoms with Gasteiger partial charge in [0.2, 0.25) is 0 Å². The lowest BCUT2D eigenvalue weighted by atomic mass is 10.4. The summed E-state index contributed by atoms with van der Waals surface area (Å²) in [7, 11) is 0. The Morgan fingerprint density at radius 3 is 3.00 bits per heavy atom. The minimum Gasteiger partial charge on any atom is -0.486 e. The van der Waals surface area contributed by atoms with Gasteiger partial charge >= 0.3 is 5.97 Å². The predicted octanol–water partition coefficient (Wildman–Crippen LogP) is 0.645. The average molecular weight is 248 g/mol.